The molecule has 18 heavy (non-hydrogen) atoms. The van der Waals surface area contributed by atoms with Gasteiger partial charge in [-0.1, -0.05) is 11.6 Å². The Labute approximate surface area is 111 Å². The SMILES string of the molecule is COc1ccc(OC)c(-c2ncc(C)cc2Cl)c1. The molecule has 2 aromatic rings. The zero-order chi connectivity index (χ0) is 13.1. The van der Waals surface area contributed by atoms with Crippen molar-refractivity contribution in [1.29, 1.82) is 0 Å². The lowest BCUT2D eigenvalue weighted by molar-refractivity contribution is 0.404. The number of rotatable bonds is 3. The van der Waals surface area contributed by atoms with Crippen molar-refractivity contribution in [3.05, 3.63) is 41.0 Å². The Hall–Kier alpha value is -1.74. The minimum Gasteiger partial charge on any atom is -0.497 e. The first-order valence-corrected chi connectivity index (χ1v) is 5.88. The van der Waals surface area contributed by atoms with Crippen molar-refractivity contribution in [3.63, 3.8) is 0 Å². The van der Waals surface area contributed by atoms with Crippen LogP contribution in [0.3, 0.4) is 0 Å². The molecule has 0 saturated heterocycles. The number of hydrogen-bond acceptors (Lipinski definition) is 3. The van der Waals surface area contributed by atoms with E-state index >= 15 is 0 Å². The van der Waals surface area contributed by atoms with Crippen LogP contribution in [0.4, 0.5) is 0 Å². The summed E-state index contributed by atoms with van der Waals surface area (Å²) < 4.78 is 10.5. The molecule has 0 spiro atoms. The third-order valence-electron chi connectivity index (χ3n) is 2.64. The predicted molar refractivity (Wildman–Crippen MR) is 72.5 cm³/mol. The number of halogens is 1. The van der Waals surface area contributed by atoms with Gasteiger partial charge in [-0.25, -0.2) is 0 Å². The average Bonchev–Trinajstić information content (AvgIpc) is 2.38. The molecule has 0 N–H and O–H groups in total. The van der Waals surface area contributed by atoms with Crippen LogP contribution in [0.1, 0.15) is 5.56 Å². The fraction of sp³-hybridized carbons (Fsp3) is 0.214. The molecule has 1 aromatic carbocycles. The molecule has 0 fully saturated rings. The zero-order valence-corrected chi connectivity index (χ0v) is 11.3. The van der Waals surface area contributed by atoms with Crippen molar-refractivity contribution in [2.24, 2.45) is 0 Å². The van der Waals surface area contributed by atoms with Gasteiger partial charge >= 0.3 is 0 Å². The van der Waals surface area contributed by atoms with E-state index in [0.29, 0.717) is 16.5 Å². The van der Waals surface area contributed by atoms with Crippen LogP contribution in [0.15, 0.2) is 30.5 Å². The van der Waals surface area contributed by atoms with Crippen molar-refractivity contribution in [2.45, 2.75) is 6.92 Å². The molecule has 0 aliphatic carbocycles. The Morgan fingerprint density at radius 1 is 1.11 bits per heavy atom. The third-order valence-corrected chi connectivity index (χ3v) is 2.93. The number of pyridine rings is 1. The smallest absolute Gasteiger partial charge is 0.128 e. The Morgan fingerprint density at radius 3 is 2.50 bits per heavy atom. The second-order valence-electron chi connectivity index (χ2n) is 3.91. The van der Waals surface area contributed by atoms with Gasteiger partial charge < -0.3 is 9.47 Å². The highest BCUT2D eigenvalue weighted by molar-refractivity contribution is 6.33. The second-order valence-corrected chi connectivity index (χ2v) is 4.32. The summed E-state index contributed by atoms with van der Waals surface area (Å²) in [6.07, 6.45) is 1.78. The lowest BCUT2D eigenvalue weighted by atomic mass is 10.1. The molecular weight excluding hydrogens is 250 g/mol. The number of ether oxygens (including phenoxy) is 2. The summed E-state index contributed by atoms with van der Waals surface area (Å²) in [4.78, 5) is 4.36. The van der Waals surface area contributed by atoms with E-state index in [1.807, 2.05) is 31.2 Å². The molecule has 1 aromatic heterocycles. The standard InChI is InChI=1S/C14H14ClNO2/c1-9-6-12(15)14(16-8-9)11-7-10(17-2)4-5-13(11)18-3/h4-8H,1-3H3. The summed E-state index contributed by atoms with van der Waals surface area (Å²) in [7, 11) is 3.24. The van der Waals surface area contributed by atoms with Crippen LogP contribution < -0.4 is 9.47 Å². The fourth-order valence-corrected chi connectivity index (χ4v) is 2.05. The molecule has 2 rings (SSSR count). The number of benzene rings is 1. The molecule has 0 aliphatic heterocycles. The Balaban J connectivity index is 2.60. The summed E-state index contributed by atoms with van der Waals surface area (Å²) in [5.74, 6) is 1.46. The van der Waals surface area contributed by atoms with Crippen LogP contribution in [-0.2, 0) is 0 Å². The quantitative estimate of drug-likeness (QED) is 0.846. The summed E-state index contributed by atoms with van der Waals surface area (Å²) in [5, 5.41) is 0.599. The lowest BCUT2D eigenvalue weighted by Crippen LogP contribution is -1.93. The molecule has 0 amide bonds. The van der Waals surface area contributed by atoms with Gasteiger partial charge in [0.2, 0.25) is 0 Å². The maximum atomic E-state index is 6.23. The van der Waals surface area contributed by atoms with Crippen LogP contribution >= 0.6 is 11.6 Å². The van der Waals surface area contributed by atoms with Crippen molar-refractivity contribution < 1.29 is 9.47 Å². The van der Waals surface area contributed by atoms with Crippen molar-refractivity contribution in [1.82, 2.24) is 4.98 Å². The van der Waals surface area contributed by atoms with E-state index in [1.165, 1.54) is 0 Å². The molecule has 0 aliphatic rings. The Morgan fingerprint density at radius 2 is 1.89 bits per heavy atom. The molecule has 0 atom stereocenters. The highest BCUT2D eigenvalue weighted by Gasteiger charge is 2.12. The van der Waals surface area contributed by atoms with Gasteiger partial charge in [-0.3, -0.25) is 4.98 Å². The molecule has 0 saturated carbocycles. The summed E-state index contributed by atoms with van der Waals surface area (Å²) in [6, 6.07) is 7.42. The molecule has 0 bridgehead atoms. The molecule has 0 unspecified atom stereocenters. The maximum absolute atomic E-state index is 6.23. The van der Waals surface area contributed by atoms with Gasteiger partial charge in [0.05, 0.1) is 24.9 Å². The minimum absolute atomic E-state index is 0.599. The van der Waals surface area contributed by atoms with Gasteiger partial charge in [-0.05, 0) is 36.8 Å². The van der Waals surface area contributed by atoms with E-state index in [4.69, 9.17) is 21.1 Å². The predicted octanol–water partition coefficient (Wildman–Crippen LogP) is 3.73. The lowest BCUT2D eigenvalue weighted by Gasteiger charge is -2.11. The van der Waals surface area contributed by atoms with Crippen LogP contribution in [0.25, 0.3) is 11.3 Å². The first kappa shape index (κ1) is 12.7. The largest absolute Gasteiger partial charge is 0.497 e. The van der Waals surface area contributed by atoms with Crippen molar-refractivity contribution in [2.75, 3.05) is 14.2 Å². The van der Waals surface area contributed by atoms with Crippen LogP contribution in [0.2, 0.25) is 5.02 Å². The van der Waals surface area contributed by atoms with E-state index in [-0.39, 0.29) is 0 Å². The molecule has 0 radical (unpaired) electrons. The average molecular weight is 264 g/mol. The van der Waals surface area contributed by atoms with E-state index in [1.54, 1.807) is 20.4 Å². The van der Waals surface area contributed by atoms with E-state index in [9.17, 15) is 0 Å². The number of hydrogen-bond donors (Lipinski definition) is 0. The van der Waals surface area contributed by atoms with Gasteiger partial charge in [-0.15, -0.1) is 0 Å². The summed E-state index contributed by atoms with van der Waals surface area (Å²) in [5.41, 5.74) is 2.53. The maximum Gasteiger partial charge on any atom is 0.128 e. The third kappa shape index (κ3) is 2.41. The first-order chi connectivity index (χ1) is 8.65. The van der Waals surface area contributed by atoms with Gasteiger partial charge in [-0.2, -0.15) is 0 Å². The Kier molecular flexibility index (Phi) is 3.72. The van der Waals surface area contributed by atoms with Crippen LogP contribution in [-0.4, -0.2) is 19.2 Å². The fourth-order valence-electron chi connectivity index (χ4n) is 1.73. The van der Waals surface area contributed by atoms with E-state index < -0.39 is 0 Å². The number of aromatic nitrogens is 1. The molecule has 3 nitrogen and oxygen atoms in total. The van der Waals surface area contributed by atoms with E-state index in [0.717, 1.165) is 16.9 Å². The van der Waals surface area contributed by atoms with Gasteiger partial charge in [0, 0.05) is 11.8 Å². The van der Waals surface area contributed by atoms with Gasteiger partial charge in [0.1, 0.15) is 11.5 Å². The summed E-state index contributed by atoms with van der Waals surface area (Å²) in [6.45, 7) is 1.95. The number of nitrogens with zero attached hydrogens (tertiary/aromatic N) is 1. The Bertz CT molecular complexity index is 570. The number of aryl methyl sites for hydroxylation is 1. The summed E-state index contributed by atoms with van der Waals surface area (Å²) >= 11 is 6.23. The normalized spacial score (nSPS) is 10.2. The highest BCUT2D eigenvalue weighted by atomic mass is 35.5. The number of methoxy groups -OCH3 is 2. The molecule has 4 heteroatoms. The zero-order valence-electron chi connectivity index (χ0n) is 10.5. The second kappa shape index (κ2) is 5.27. The van der Waals surface area contributed by atoms with Crippen LogP contribution in [0, 0.1) is 6.92 Å². The minimum atomic E-state index is 0.599. The monoisotopic (exact) mass is 263 g/mol. The van der Waals surface area contributed by atoms with Crippen LogP contribution in [0.5, 0.6) is 11.5 Å². The highest BCUT2D eigenvalue weighted by Crippen LogP contribution is 2.36. The van der Waals surface area contributed by atoms with Crippen molar-refractivity contribution >= 4 is 11.6 Å². The van der Waals surface area contributed by atoms with Crippen molar-refractivity contribution in [3.8, 4) is 22.8 Å². The molecular formula is C14H14ClNO2. The molecule has 1 heterocycles. The topological polar surface area (TPSA) is 31.4 Å². The van der Waals surface area contributed by atoms with Gasteiger partial charge in [0.25, 0.3) is 0 Å². The first-order valence-electron chi connectivity index (χ1n) is 5.50. The van der Waals surface area contributed by atoms with E-state index in [2.05, 4.69) is 4.98 Å². The molecule has 94 valence electrons. The van der Waals surface area contributed by atoms with Gasteiger partial charge in [0.15, 0.2) is 0 Å².